The first-order valence-electron chi connectivity index (χ1n) is 5.01. The first kappa shape index (κ1) is 12.8. The lowest BCUT2D eigenvalue weighted by Gasteiger charge is -2.06. The van der Waals surface area contributed by atoms with Crippen LogP contribution >= 0.6 is 0 Å². The second-order valence-electron chi connectivity index (χ2n) is 3.60. The molecule has 6 heteroatoms. The van der Waals surface area contributed by atoms with Gasteiger partial charge in [-0.2, -0.15) is 0 Å². The van der Waals surface area contributed by atoms with E-state index in [1.165, 1.54) is 18.2 Å². The summed E-state index contributed by atoms with van der Waals surface area (Å²) >= 11 is 0. The Morgan fingerprint density at radius 2 is 2.29 bits per heavy atom. The van der Waals surface area contributed by atoms with Gasteiger partial charge in [0.05, 0.1) is 17.4 Å². The molecule has 0 aliphatic heterocycles. The van der Waals surface area contributed by atoms with Gasteiger partial charge in [0.25, 0.3) is 5.69 Å². The zero-order valence-electron chi connectivity index (χ0n) is 9.25. The highest BCUT2D eigenvalue weighted by Gasteiger charge is 2.10. The number of benzene rings is 1. The lowest BCUT2D eigenvalue weighted by molar-refractivity contribution is -0.384. The normalized spacial score (nSPS) is 11.6. The van der Waals surface area contributed by atoms with Crippen molar-refractivity contribution in [3.05, 3.63) is 39.9 Å². The summed E-state index contributed by atoms with van der Waals surface area (Å²) in [6, 6.07) is 5.28. The fourth-order valence-electron chi connectivity index (χ4n) is 1.30. The molecule has 0 radical (unpaired) electrons. The third-order valence-corrected chi connectivity index (χ3v) is 2.08. The van der Waals surface area contributed by atoms with Gasteiger partial charge in [-0.3, -0.25) is 14.9 Å². The van der Waals surface area contributed by atoms with Gasteiger partial charge in [-0.15, -0.1) is 0 Å². The molecule has 1 amide bonds. The molecule has 0 fully saturated rings. The number of carbonyl (C=O) groups is 2. The van der Waals surface area contributed by atoms with Crippen LogP contribution in [-0.2, 0) is 16.0 Å². The van der Waals surface area contributed by atoms with Gasteiger partial charge in [-0.1, -0.05) is 12.1 Å². The molecule has 0 heterocycles. The molecule has 0 saturated heterocycles. The Hall–Kier alpha value is -2.24. The highest BCUT2D eigenvalue weighted by Crippen LogP contribution is 2.13. The Balaban J connectivity index is 2.68. The van der Waals surface area contributed by atoms with Gasteiger partial charge in [0.2, 0.25) is 5.91 Å². The molecule has 0 aliphatic rings. The molecule has 1 N–H and O–H groups in total. The summed E-state index contributed by atoms with van der Waals surface area (Å²) in [5.74, 6) is -0.343. The zero-order valence-corrected chi connectivity index (χ0v) is 9.25. The van der Waals surface area contributed by atoms with E-state index in [1.807, 2.05) is 0 Å². The van der Waals surface area contributed by atoms with Crippen LogP contribution in [0.4, 0.5) is 5.69 Å². The fourth-order valence-corrected chi connectivity index (χ4v) is 1.30. The number of aldehydes is 1. The van der Waals surface area contributed by atoms with E-state index in [4.69, 9.17) is 0 Å². The number of nitro benzene ring substituents is 1. The number of rotatable bonds is 5. The second kappa shape index (κ2) is 5.74. The van der Waals surface area contributed by atoms with Crippen molar-refractivity contribution in [2.24, 2.45) is 0 Å². The van der Waals surface area contributed by atoms with Crippen molar-refractivity contribution in [2.45, 2.75) is 19.4 Å². The Bertz CT molecular complexity index is 445. The van der Waals surface area contributed by atoms with Crippen molar-refractivity contribution in [3.63, 3.8) is 0 Å². The fraction of sp³-hybridized carbons (Fsp3) is 0.273. The number of nitrogens with one attached hydrogen (secondary N) is 1. The Morgan fingerprint density at radius 3 is 2.88 bits per heavy atom. The van der Waals surface area contributed by atoms with E-state index in [0.29, 0.717) is 11.8 Å². The predicted molar refractivity (Wildman–Crippen MR) is 60.5 cm³/mol. The van der Waals surface area contributed by atoms with Gasteiger partial charge in [0.1, 0.15) is 6.29 Å². The topological polar surface area (TPSA) is 89.3 Å². The van der Waals surface area contributed by atoms with Crippen LogP contribution in [-0.4, -0.2) is 23.2 Å². The monoisotopic (exact) mass is 236 g/mol. The van der Waals surface area contributed by atoms with Crippen LogP contribution in [0.15, 0.2) is 24.3 Å². The molecule has 1 rings (SSSR count). The summed E-state index contributed by atoms with van der Waals surface area (Å²) in [4.78, 5) is 31.8. The molecule has 90 valence electrons. The van der Waals surface area contributed by atoms with Crippen LogP contribution in [0.2, 0.25) is 0 Å². The molecule has 1 aromatic rings. The minimum absolute atomic E-state index is 0.0137. The van der Waals surface area contributed by atoms with Crippen LogP contribution in [0.1, 0.15) is 12.5 Å². The Kier molecular flexibility index (Phi) is 4.33. The number of hydrogen-bond donors (Lipinski definition) is 1. The Labute approximate surface area is 97.8 Å². The maximum Gasteiger partial charge on any atom is 0.269 e. The summed E-state index contributed by atoms with van der Waals surface area (Å²) in [5.41, 5.74) is 0.480. The second-order valence-corrected chi connectivity index (χ2v) is 3.60. The molecular weight excluding hydrogens is 224 g/mol. The maximum absolute atomic E-state index is 11.4. The van der Waals surface area contributed by atoms with E-state index in [2.05, 4.69) is 5.32 Å². The third-order valence-electron chi connectivity index (χ3n) is 2.08. The summed E-state index contributed by atoms with van der Waals surface area (Å²) < 4.78 is 0. The van der Waals surface area contributed by atoms with Crippen LogP contribution in [0, 0.1) is 10.1 Å². The molecule has 1 atom stereocenters. The van der Waals surface area contributed by atoms with Gasteiger partial charge < -0.3 is 10.1 Å². The molecule has 1 aromatic carbocycles. The molecule has 0 spiro atoms. The lowest BCUT2D eigenvalue weighted by Crippen LogP contribution is -2.34. The molecule has 6 nitrogen and oxygen atoms in total. The molecular formula is C11H12N2O4. The average Bonchev–Trinajstić information content (AvgIpc) is 2.28. The lowest BCUT2D eigenvalue weighted by atomic mass is 10.1. The van der Waals surface area contributed by atoms with Crippen LogP contribution in [0.5, 0.6) is 0 Å². The first-order valence-corrected chi connectivity index (χ1v) is 5.01. The molecule has 0 saturated carbocycles. The minimum atomic E-state index is -0.554. The predicted octanol–water partition coefficient (Wildman–Crippen LogP) is 0.841. The van der Waals surface area contributed by atoms with E-state index in [-0.39, 0.29) is 18.0 Å². The molecule has 0 aliphatic carbocycles. The summed E-state index contributed by atoms with van der Waals surface area (Å²) in [6.07, 6.45) is 0.630. The van der Waals surface area contributed by atoms with Gasteiger partial charge in [-0.05, 0) is 12.5 Å². The van der Waals surface area contributed by atoms with Crippen molar-refractivity contribution < 1.29 is 14.5 Å². The maximum atomic E-state index is 11.4. The van der Waals surface area contributed by atoms with Crippen LogP contribution in [0.3, 0.4) is 0 Å². The highest BCUT2D eigenvalue weighted by molar-refractivity contribution is 5.81. The van der Waals surface area contributed by atoms with E-state index >= 15 is 0 Å². The number of amides is 1. The van der Waals surface area contributed by atoms with E-state index in [9.17, 15) is 19.7 Å². The van der Waals surface area contributed by atoms with Crippen molar-refractivity contribution in [2.75, 3.05) is 0 Å². The van der Waals surface area contributed by atoms with Gasteiger partial charge in [0.15, 0.2) is 0 Å². The van der Waals surface area contributed by atoms with Crippen molar-refractivity contribution in [1.29, 1.82) is 0 Å². The smallest absolute Gasteiger partial charge is 0.269 e. The number of nitro groups is 1. The Morgan fingerprint density at radius 1 is 1.59 bits per heavy atom. The van der Waals surface area contributed by atoms with Crippen molar-refractivity contribution in [1.82, 2.24) is 5.32 Å². The zero-order chi connectivity index (χ0) is 12.8. The van der Waals surface area contributed by atoms with E-state index in [0.717, 1.165) is 0 Å². The number of carbonyl (C=O) groups excluding carboxylic acids is 2. The molecule has 1 unspecified atom stereocenters. The molecule has 0 aromatic heterocycles. The standard InChI is InChI=1S/C11H12N2O4/c1-8(7-14)12-11(15)6-9-3-2-4-10(5-9)13(16)17/h2-5,7-8H,6H2,1H3,(H,12,15). The van der Waals surface area contributed by atoms with Crippen molar-refractivity contribution >= 4 is 17.9 Å². The van der Waals surface area contributed by atoms with Gasteiger partial charge >= 0.3 is 0 Å². The third kappa shape index (κ3) is 4.02. The van der Waals surface area contributed by atoms with Crippen LogP contribution in [0.25, 0.3) is 0 Å². The largest absolute Gasteiger partial charge is 0.347 e. The van der Waals surface area contributed by atoms with Crippen molar-refractivity contribution in [3.8, 4) is 0 Å². The summed E-state index contributed by atoms with van der Waals surface area (Å²) in [5, 5.41) is 13.0. The number of hydrogen-bond acceptors (Lipinski definition) is 4. The summed E-state index contributed by atoms with van der Waals surface area (Å²) in [7, 11) is 0. The van der Waals surface area contributed by atoms with E-state index < -0.39 is 11.0 Å². The van der Waals surface area contributed by atoms with Gasteiger partial charge in [0, 0.05) is 12.1 Å². The first-order chi connectivity index (χ1) is 8.02. The minimum Gasteiger partial charge on any atom is -0.347 e. The number of non-ortho nitro benzene ring substituents is 1. The summed E-state index contributed by atoms with van der Waals surface area (Å²) in [6.45, 7) is 1.55. The average molecular weight is 236 g/mol. The number of nitrogens with zero attached hydrogens (tertiary/aromatic N) is 1. The molecule has 17 heavy (non-hydrogen) atoms. The highest BCUT2D eigenvalue weighted by atomic mass is 16.6. The molecule has 0 bridgehead atoms. The van der Waals surface area contributed by atoms with E-state index in [1.54, 1.807) is 13.0 Å². The SMILES string of the molecule is CC(C=O)NC(=O)Cc1cccc([N+](=O)[O-])c1. The van der Waals surface area contributed by atoms with Gasteiger partial charge in [-0.25, -0.2) is 0 Å². The quantitative estimate of drug-likeness (QED) is 0.466. The van der Waals surface area contributed by atoms with Crippen LogP contribution < -0.4 is 5.32 Å².